The number of anilines is 1. The van der Waals surface area contributed by atoms with Gasteiger partial charge in [0.2, 0.25) is 0 Å². The summed E-state index contributed by atoms with van der Waals surface area (Å²) in [7, 11) is 0. The monoisotopic (exact) mass is 238 g/mol. The predicted octanol–water partition coefficient (Wildman–Crippen LogP) is 1.61. The fraction of sp³-hybridized carbons (Fsp3) is 0.231. The largest absolute Gasteiger partial charge is 0.344 e. The molecule has 88 valence electrons. The van der Waals surface area contributed by atoms with Gasteiger partial charge in [0.25, 0.3) is 0 Å². The molecule has 0 radical (unpaired) electrons. The van der Waals surface area contributed by atoms with Crippen LogP contribution in [0.5, 0.6) is 0 Å². The van der Waals surface area contributed by atoms with Crippen LogP contribution in [0, 0.1) is 34.0 Å². The van der Waals surface area contributed by atoms with E-state index in [-0.39, 0.29) is 18.9 Å². The van der Waals surface area contributed by atoms with Crippen LogP contribution in [0.2, 0.25) is 0 Å². The van der Waals surface area contributed by atoms with Gasteiger partial charge in [0.1, 0.15) is 13.1 Å². The molecule has 18 heavy (non-hydrogen) atoms. The third kappa shape index (κ3) is 2.84. The van der Waals surface area contributed by atoms with E-state index in [0.717, 1.165) is 0 Å². The number of nitriles is 3. The first-order valence-corrected chi connectivity index (χ1v) is 5.18. The van der Waals surface area contributed by atoms with Gasteiger partial charge in [0, 0.05) is 5.56 Å². The number of nitrogens with zero attached hydrogens (tertiary/aromatic N) is 4. The maximum atomic E-state index is 11.5. The highest BCUT2D eigenvalue weighted by Gasteiger charge is 2.14. The number of Topliss-reactive ketones (excluding diaryl/α,β-unsaturated/α-hetero) is 1. The Labute approximate surface area is 105 Å². The van der Waals surface area contributed by atoms with Crippen molar-refractivity contribution in [3.63, 3.8) is 0 Å². The lowest BCUT2D eigenvalue weighted by Gasteiger charge is -2.20. The molecule has 0 amide bonds. The Balaban J connectivity index is 3.34. The zero-order valence-electron chi connectivity index (χ0n) is 9.84. The molecule has 0 spiro atoms. The van der Waals surface area contributed by atoms with E-state index in [9.17, 15) is 4.79 Å². The van der Waals surface area contributed by atoms with Gasteiger partial charge in [0.05, 0.1) is 29.5 Å². The molecule has 0 N–H and O–H groups in total. The standard InChI is InChI=1S/C13H10N4O/c1-10(18)12-3-2-11(9-16)8-13(12)17(6-4-14)7-5-15/h2-3,8H,6-7H2,1H3. The average Bonchev–Trinajstić information content (AvgIpc) is 2.37. The first-order valence-electron chi connectivity index (χ1n) is 5.18. The number of ketones is 1. The highest BCUT2D eigenvalue weighted by Crippen LogP contribution is 2.22. The summed E-state index contributed by atoms with van der Waals surface area (Å²) in [5.41, 5.74) is 1.24. The van der Waals surface area contributed by atoms with Crippen molar-refractivity contribution in [3.8, 4) is 18.2 Å². The summed E-state index contributed by atoms with van der Waals surface area (Å²) in [6, 6.07) is 10.4. The fourth-order valence-electron chi connectivity index (χ4n) is 1.56. The van der Waals surface area contributed by atoms with Gasteiger partial charge in [-0.05, 0) is 25.1 Å². The van der Waals surface area contributed by atoms with Crippen LogP contribution in [0.1, 0.15) is 22.8 Å². The van der Waals surface area contributed by atoms with Crippen molar-refractivity contribution in [3.05, 3.63) is 29.3 Å². The lowest BCUT2D eigenvalue weighted by atomic mass is 10.1. The van der Waals surface area contributed by atoms with Crippen LogP contribution >= 0.6 is 0 Å². The van der Waals surface area contributed by atoms with Gasteiger partial charge in [-0.1, -0.05) is 0 Å². The van der Waals surface area contributed by atoms with Crippen LogP contribution in [0.15, 0.2) is 18.2 Å². The number of rotatable bonds is 4. The SMILES string of the molecule is CC(=O)c1ccc(C#N)cc1N(CC#N)CC#N. The molecule has 0 aliphatic heterocycles. The van der Waals surface area contributed by atoms with Crippen LogP contribution in [0.3, 0.4) is 0 Å². The van der Waals surface area contributed by atoms with Crippen molar-refractivity contribution in [1.29, 1.82) is 15.8 Å². The molecule has 0 saturated carbocycles. The quantitative estimate of drug-likeness (QED) is 0.587. The minimum atomic E-state index is -0.171. The second-order valence-corrected chi connectivity index (χ2v) is 3.57. The topological polar surface area (TPSA) is 91.7 Å². The zero-order chi connectivity index (χ0) is 13.5. The van der Waals surface area contributed by atoms with E-state index in [0.29, 0.717) is 16.8 Å². The van der Waals surface area contributed by atoms with Crippen molar-refractivity contribution in [2.75, 3.05) is 18.0 Å². The number of hydrogen-bond donors (Lipinski definition) is 0. The van der Waals surface area contributed by atoms with E-state index in [1.54, 1.807) is 0 Å². The van der Waals surface area contributed by atoms with E-state index in [4.69, 9.17) is 15.8 Å². The first kappa shape index (κ1) is 13.2. The molecule has 5 heteroatoms. The van der Waals surface area contributed by atoms with Crippen LogP contribution in [-0.4, -0.2) is 18.9 Å². The number of carbonyl (C=O) groups excluding carboxylic acids is 1. The number of carbonyl (C=O) groups is 1. The predicted molar refractivity (Wildman–Crippen MR) is 64.6 cm³/mol. The molecule has 0 saturated heterocycles. The molecule has 0 bridgehead atoms. The van der Waals surface area contributed by atoms with Gasteiger partial charge in [-0.2, -0.15) is 15.8 Å². The first-order chi connectivity index (χ1) is 8.63. The van der Waals surface area contributed by atoms with Crippen molar-refractivity contribution >= 4 is 11.5 Å². The summed E-state index contributed by atoms with van der Waals surface area (Å²) in [5.74, 6) is -0.171. The molecule has 5 nitrogen and oxygen atoms in total. The van der Waals surface area contributed by atoms with Crippen molar-refractivity contribution in [2.24, 2.45) is 0 Å². The Morgan fingerprint density at radius 2 is 1.83 bits per heavy atom. The van der Waals surface area contributed by atoms with Crippen molar-refractivity contribution in [1.82, 2.24) is 0 Å². The van der Waals surface area contributed by atoms with Crippen molar-refractivity contribution < 1.29 is 4.79 Å². The molecular formula is C13H10N4O. The van der Waals surface area contributed by atoms with Gasteiger partial charge < -0.3 is 4.90 Å². The molecule has 1 aromatic carbocycles. The molecule has 0 aliphatic carbocycles. The fourth-order valence-corrected chi connectivity index (χ4v) is 1.56. The average molecular weight is 238 g/mol. The summed E-state index contributed by atoms with van der Waals surface area (Å²) in [6.07, 6.45) is 0. The second-order valence-electron chi connectivity index (χ2n) is 3.57. The van der Waals surface area contributed by atoms with Gasteiger partial charge in [0.15, 0.2) is 5.78 Å². The van der Waals surface area contributed by atoms with Crippen LogP contribution in [-0.2, 0) is 0 Å². The van der Waals surface area contributed by atoms with E-state index < -0.39 is 0 Å². The van der Waals surface area contributed by atoms with Gasteiger partial charge >= 0.3 is 0 Å². The summed E-state index contributed by atoms with van der Waals surface area (Å²) in [4.78, 5) is 13.0. The minimum absolute atomic E-state index is 0.0112. The minimum Gasteiger partial charge on any atom is -0.344 e. The lowest BCUT2D eigenvalue weighted by molar-refractivity contribution is 0.101. The molecule has 0 heterocycles. The summed E-state index contributed by atoms with van der Waals surface area (Å²) in [6.45, 7) is 1.38. The maximum absolute atomic E-state index is 11.5. The maximum Gasteiger partial charge on any atom is 0.161 e. The van der Waals surface area contributed by atoms with E-state index in [1.807, 2.05) is 18.2 Å². The molecule has 0 fully saturated rings. The second kappa shape index (κ2) is 6.03. The van der Waals surface area contributed by atoms with Crippen LogP contribution in [0.25, 0.3) is 0 Å². The zero-order valence-corrected chi connectivity index (χ0v) is 9.84. The Morgan fingerprint density at radius 3 is 2.28 bits per heavy atom. The van der Waals surface area contributed by atoms with Crippen molar-refractivity contribution in [2.45, 2.75) is 6.92 Å². The van der Waals surface area contributed by atoms with E-state index >= 15 is 0 Å². The third-order valence-corrected chi connectivity index (χ3v) is 2.37. The Hall–Kier alpha value is -2.84. The molecule has 0 aliphatic rings. The summed E-state index contributed by atoms with van der Waals surface area (Å²) >= 11 is 0. The van der Waals surface area contributed by atoms with Gasteiger partial charge in [-0.15, -0.1) is 0 Å². The van der Waals surface area contributed by atoms with E-state index in [1.165, 1.54) is 30.0 Å². The number of hydrogen-bond acceptors (Lipinski definition) is 5. The number of benzene rings is 1. The summed E-state index contributed by atoms with van der Waals surface area (Å²) in [5, 5.41) is 26.3. The van der Waals surface area contributed by atoms with Gasteiger partial charge in [-0.25, -0.2) is 0 Å². The highest BCUT2D eigenvalue weighted by atomic mass is 16.1. The van der Waals surface area contributed by atoms with Crippen LogP contribution < -0.4 is 4.90 Å². The highest BCUT2D eigenvalue weighted by molar-refractivity contribution is 6.00. The smallest absolute Gasteiger partial charge is 0.161 e. The normalized spacial score (nSPS) is 8.78. The lowest BCUT2D eigenvalue weighted by Crippen LogP contribution is -2.25. The molecule has 0 aromatic heterocycles. The molecule has 1 aromatic rings. The van der Waals surface area contributed by atoms with Crippen LogP contribution in [0.4, 0.5) is 5.69 Å². The molecule has 0 unspecified atom stereocenters. The Bertz CT molecular complexity index is 570. The van der Waals surface area contributed by atoms with E-state index in [2.05, 4.69) is 0 Å². The Kier molecular flexibility index (Phi) is 4.43. The molecule has 1 rings (SSSR count). The summed E-state index contributed by atoms with van der Waals surface area (Å²) < 4.78 is 0. The molecule has 0 atom stereocenters. The Morgan fingerprint density at radius 1 is 1.22 bits per heavy atom. The molecular weight excluding hydrogens is 228 g/mol. The third-order valence-electron chi connectivity index (χ3n) is 2.37. The van der Waals surface area contributed by atoms with Gasteiger partial charge in [-0.3, -0.25) is 4.79 Å².